The standard InChI is InChI=1S/C38H41Cl2N3O5S/c1-3-48-33-19-17-32(18-20-33)43(49(46,47)34-21-13-27(2)14-22-34)26-37(44)42(25-29-15-16-30(39)24-35(29)40)36(23-28-9-5-4-6-10-28)38(45)41-31-11-7-8-12-31/h4-6,9-10,13-22,24,31,36H,3,7-8,11-12,23,25-26H2,1-2H3,(H,41,45)/t36-/m1/s1. The highest BCUT2D eigenvalue weighted by atomic mass is 35.5. The minimum absolute atomic E-state index is 0.00381. The number of amides is 2. The van der Waals surface area contributed by atoms with Gasteiger partial charge < -0.3 is 15.0 Å². The van der Waals surface area contributed by atoms with Crippen LogP contribution in [0.5, 0.6) is 5.75 Å². The summed E-state index contributed by atoms with van der Waals surface area (Å²) in [6, 6.07) is 26.5. The molecule has 0 spiro atoms. The molecular weight excluding hydrogens is 681 g/mol. The summed E-state index contributed by atoms with van der Waals surface area (Å²) in [5.41, 5.74) is 2.59. The van der Waals surface area contributed by atoms with Crippen molar-refractivity contribution in [1.29, 1.82) is 0 Å². The molecule has 0 heterocycles. The number of ether oxygens (including phenoxy) is 1. The summed E-state index contributed by atoms with van der Waals surface area (Å²) in [6.45, 7) is 3.55. The van der Waals surface area contributed by atoms with Crippen molar-refractivity contribution < 1.29 is 22.7 Å². The van der Waals surface area contributed by atoms with Gasteiger partial charge in [-0.05, 0) is 86.3 Å². The number of hydrogen-bond acceptors (Lipinski definition) is 5. The Morgan fingerprint density at radius 2 is 1.59 bits per heavy atom. The number of benzene rings is 4. The van der Waals surface area contributed by atoms with E-state index in [-0.39, 0.29) is 35.5 Å². The second kappa shape index (κ2) is 16.6. The second-order valence-electron chi connectivity index (χ2n) is 12.2. The molecule has 49 heavy (non-hydrogen) atoms. The number of nitrogens with one attached hydrogen (secondary N) is 1. The zero-order chi connectivity index (χ0) is 35.0. The van der Waals surface area contributed by atoms with Gasteiger partial charge in [-0.3, -0.25) is 13.9 Å². The Balaban J connectivity index is 1.58. The number of rotatable bonds is 14. The van der Waals surface area contributed by atoms with Gasteiger partial charge in [0.25, 0.3) is 10.0 Å². The molecule has 0 aliphatic heterocycles. The van der Waals surface area contributed by atoms with Crippen LogP contribution in [0.1, 0.15) is 49.3 Å². The molecule has 1 saturated carbocycles. The van der Waals surface area contributed by atoms with E-state index in [0.717, 1.165) is 41.1 Å². The molecule has 0 saturated heterocycles. The lowest BCUT2D eigenvalue weighted by atomic mass is 10.0. The first-order chi connectivity index (χ1) is 23.5. The van der Waals surface area contributed by atoms with Crippen LogP contribution in [0.3, 0.4) is 0 Å². The number of anilines is 1. The monoisotopic (exact) mass is 721 g/mol. The molecule has 1 N–H and O–H groups in total. The third-order valence-electron chi connectivity index (χ3n) is 8.65. The van der Waals surface area contributed by atoms with Gasteiger partial charge in [-0.1, -0.05) is 90.1 Å². The maximum Gasteiger partial charge on any atom is 0.264 e. The van der Waals surface area contributed by atoms with Crippen LogP contribution < -0.4 is 14.4 Å². The van der Waals surface area contributed by atoms with E-state index in [1.807, 2.05) is 44.2 Å². The van der Waals surface area contributed by atoms with Crippen molar-refractivity contribution in [2.45, 2.75) is 69.5 Å². The normalized spacial score (nSPS) is 13.9. The van der Waals surface area contributed by atoms with E-state index in [1.54, 1.807) is 54.6 Å². The predicted molar refractivity (Wildman–Crippen MR) is 195 cm³/mol. The Labute approximate surface area is 299 Å². The van der Waals surface area contributed by atoms with Crippen LogP contribution in [0.2, 0.25) is 10.0 Å². The molecule has 1 fully saturated rings. The van der Waals surface area contributed by atoms with Crippen molar-refractivity contribution in [2.75, 3.05) is 17.5 Å². The minimum atomic E-state index is -4.23. The summed E-state index contributed by atoms with van der Waals surface area (Å²) in [5.74, 6) is -0.308. The summed E-state index contributed by atoms with van der Waals surface area (Å²) in [5, 5.41) is 3.93. The van der Waals surface area contributed by atoms with Crippen molar-refractivity contribution in [3.63, 3.8) is 0 Å². The summed E-state index contributed by atoms with van der Waals surface area (Å²) >= 11 is 12.8. The fourth-order valence-corrected chi connectivity index (χ4v) is 7.88. The zero-order valence-electron chi connectivity index (χ0n) is 27.6. The van der Waals surface area contributed by atoms with Gasteiger partial charge in [-0.25, -0.2) is 8.42 Å². The number of sulfonamides is 1. The Hall–Kier alpha value is -4.05. The first kappa shape index (κ1) is 36.2. The first-order valence-corrected chi connectivity index (χ1v) is 18.6. The Bertz CT molecular complexity index is 1830. The molecule has 0 aromatic heterocycles. The van der Waals surface area contributed by atoms with Gasteiger partial charge in [0.1, 0.15) is 18.3 Å². The molecule has 5 rings (SSSR count). The maximum atomic E-state index is 14.7. The average molecular weight is 723 g/mol. The van der Waals surface area contributed by atoms with E-state index < -0.39 is 28.5 Å². The number of aryl methyl sites for hydroxylation is 1. The highest BCUT2D eigenvalue weighted by Crippen LogP contribution is 2.29. The fourth-order valence-electron chi connectivity index (χ4n) is 6.00. The molecule has 4 aromatic carbocycles. The molecule has 2 amide bonds. The molecule has 1 atom stereocenters. The van der Waals surface area contributed by atoms with Crippen molar-refractivity contribution in [3.8, 4) is 5.75 Å². The number of hydrogen-bond donors (Lipinski definition) is 1. The van der Waals surface area contributed by atoms with E-state index in [4.69, 9.17) is 27.9 Å². The van der Waals surface area contributed by atoms with Gasteiger partial charge in [0, 0.05) is 29.1 Å². The van der Waals surface area contributed by atoms with E-state index in [0.29, 0.717) is 28.0 Å². The Morgan fingerprint density at radius 1 is 0.918 bits per heavy atom. The van der Waals surface area contributed by atoms with Crippen molar-refractivity contribution in [1.82, 2.24) is 10.2 Å². The van der Waals surface area contributed by atoms with E-state index in [1.165, 1.54) is 17.0 Å². The van der Waals surface area contributed by atoms with E-state index >= 15 is 0 Å². The topological polar surface area (TPSA) is 96.0 Å². The molecular formula is C38H41Cl2N3O5S. The van der Waals surface area contributed by atoms with Crippen molar-refractivity contribution >= 4 is 50.7 Å². The van der Waals surface area contributed by atoms with Gasteiger partial charge in [0.05, 0.1) is 17.2 Å². The summed E-state index contributed by atoms with van der Waals surface area (Å²) < 4.78 is 35.3. The van der Waals surface area contributed by atoms with Crippen LogP contribution >= 0.6 is 23.2 Å². The Morgan fingerprint density at radius 3 is 2.22 bits per heavy atom. The van der Waals surface area contributed by atoms with Crippen LogP contribution in [0.4, 0.5) is 5.69 Å². The average Bonchev–Trinajstić information content (AvgIpc) is 3.60. The number of nitrogens with zero attached hydrogens (tertiary/aromatic N) is 2. The minimum Gasteiger partial charge on any atom is -0.494 e. The van der Waals surface area contributed by atoms with Crippen LogP contribution in [0.15, 0.2) is 102 Å². The van der Waals surface area contributed by atoms with E-state index in [2.05, 4.69) is 5.32 Å². The number of carbonyl (C=O) groups is 2. The van der Waals surface area contributed by atoms with Crippen LogP contribution in [0, 0.1) is 6.92 Å². The van der Waals surface area contributed by atoms with Crippen molar-refractivity contribution in [3.05, 3.63) is 124 Å². The second-order valence-corrected chi connectivity index (χ2v) is 14.9. The fraction of sp³-hybridized carbons (Fsp3) is 0.316. The molecule has 0 unspecified atom stereocenters. The van der Waals surface area contributed by atoms with Gasteiger partial charge in [-0.15, -0.1) is 0 Å². The largest absolute Gasteiger partial charge is 0.494 e. The highest BCUT2D eigenvalue weighted by Gasteiger charge is 2.36. The molecule has 258 valence electrons. The van der Waals surface area contributed by atoms with Gasteiger partial charge >= 0.3 is 0 Å². The molecule has 0 bridgehead atoms. The van der Waals surface area contributed by atoms with Gasteiger partial charge in [-0.2, -0.15) is 0 Å². The Kier molecular flexibility index (Phi) is 12.3. The van der Waals surface area contributed by atoms with Crippen LogP contribution in [-0.2, 0) is 32.6 Å². The zero-order valence-corrected chi connectivity index (χ0v) is 30.0. The third-order valence-corrected chi connectivity index (χ3v) is 11.0. The lowest BCUT2D eigenvalue weighted by molar-refractivity contribution is -0.140. The molecule has 0 radical (unpaired) electrons. The third kappa shape index (κ3) is 9.35. The summed E-state index contributed by atoms with van der Waals surface area (Å²) in [6.07, 6.45) is 3.97. The highest BCUT2D eigenvalue weighted by molar-refractivity contribution is 7.92. The first-order valence-electron chi connectivity index (χ1n) is 16.4. The molecule has 8 nitrogen and oxygen atoms in total. The summed E-state index contributed by atoms with van der Waals surface area (Å²) in [4.78, 5) is 30.4. The predicted octanol–water partition coefficient (Wildman–Crippen LogP) is 7.59. The quantitative estimate of drug-likeness (QED) is 0.145. The van der Waals surface area contributed by atoms with Crippen LogP contribution in [-0.4, -0.2) is 50.4 Å². The number of carbonyl (C=O) groups excluding carboxylic acids is 2. The summed E-state index contributed by atoms with van der Waals surface area (Å²) in [7, 11) is -4.23. The molecule has 4 aromatic rings. The van der Waals surface area contributed by atoms with E-state index in [9.17, 15) is 18.0 Å². The maximum absolute atomic E-state index is 14.7. The van der Waals surface area contributed by atoms with Gasteiger partial charge in [0.15, 0.2) is 0 Å². The van der Waals surface area contributed by atoms with Crippen LogP contribution in [0.25, 0.3) is 0 Å². The molecule has 1 aliphatic carbocycles. The lowest BCUT2D eigenvalue weighted by Gasteiger charge is -2.34. The molecule has 1 aliphatic rings. The SMILES string of the molecule is CCOc1ccc(N(CC(=O)N(Cc2ccc(Cl)cc2Cl)[C@H](Cc2ccccc2)C(=O)NC2CCCC2)S(=O)(=O)c2ccc(C)cc2)cc1. The number of halogens is 2. The van der Waals surface area contributed by atoms with Crippen molar-refractivity contribution in [2.24, 2.45) is 0 Å². The lowest BCUT2D eigenvalue weighted by Crippen LogP contribution is -2.54. The molecule has 11 heteroatoms. The smallest absolute Gasteiger partial charge is 0.264 e. The van der Waals surface area contributed by atoms with Gasteiger partial charge in [0.2, 0.25) is 11.8 Å².